The molecule has 3 nitrogen and oxygen atoms in total. The molecule has 1 aliphatic carbocycles. The van der Waals surface area contributed by atoms with Crippen molar-refractivity contribution >= 4 is 17.6 Å². The number of anilines is 1. The Morgan fingerprint density at radius 3 is 2.08 bits per heavy atom. The second kappa shape index (κ2) is 6.09. The number of hydrogen-bond donors (Lipinski definition) is 1. The van der Waals surface area contributed by atoms with E-state index >= 15 is 0 Å². The van der Waals surface area contributed by atoms with Crippen molar-refractivity contribution in [2.45, 2.75) is 12.8 Å². The van der Waals surface area contributed by atoms with Gasteiger partial charge in [0.15, 0.2) is 0 Å². The molecule has 0 spiro atoms. The fraction of sp³-hybridized carbons (Fsp3) is 0.100. The molecule has 1 heterocycles. The molecule has 5 heteroatoms. The highest BCUT2D eigenvalue weighted by molar-refractivity contribution is 5.86. The number of allylic oxidation sites excluding steroid dienone is 1. The lowest BCUT2D eigenvalue weighted by Crippen LogP contribution is -2.02. The lowest BCUT2D eigenvalue weighted by atomic mass is 10.0. The maximum atomic E-state index is 13.2. The number of rotatable bonds is 2. The van der Waals surface area contributed by atoms with Crippen LogP contribution >= 0.6 is 0 Å². The molecule has 0 atom stereocenters. The van der Waals surface area contributed by atoms with E-state index in [1.807, 2.05) is 6.08 Å². The summed E-state index contributed by atoms with van der Waals surface area (Å²) in [5.41, 5.74) is 11.2. The molecule has 0 saturated heterocycles. The van der Waals surface area contributed by atoms with Crippen LogP contribution in [-0.4, -0.2) is 9.97 Å². The minimum Gasteiger partial charge on any atom is -0.368 e. The lowest BCUT2D eigenvalue weighted by molar-refractivity contribution is 0.627. The molecule has 0 aliphatic heterocycles. The zero-order valence-corrected chi connectivity index (χ0v) is 13.3. The molecule has 2 N–H and O–H groups in total. The van der Waals surface area contributed by atoms with Crippen molar-refractivity contribution in [1.29, 1.82) is 0 Å². The predicted octanol–water partition coefficient (Wildman–Crippen LogP) is 4.49. The molecule has 3 aromatic rings. The van der Waals surface area contributed by atoms with Crippen molar-refractivity contribution < 1.29 is 8.78 Å². The van der Waals surface area contributed by atoms with Gasteiger partial charge in [0.05, 0.1) is 11.4 Å². The Bertz CT molecular complexity index is 961. The number of nitrogens with two attached hydrogens (primary N) is 1. The molecular formula is C20H15F2N3. The fourth-order valence-electron chi connectivity index (χ4n) is 3.13. The highest BCUT2D eigenvalue weighted by Gasteiger charge is 2.23. The minimum atomic E-state index is -0.292. The first-order valence-electron chi connectivity index (χ1n) is 7.99. The molecule has 1 aliphatic rings. The molecule has 0 amide bonds. The molecule has 0 fully saturated rings. The summed E-state index contributed by atoms with van der Waals surface area (Å²) in [4.78, 5) is 8.77. The third-order valence-corrected chi connectivity index (χ3v) is 4.30. The van der Waals surface area contributed by atoms with Gasteiger partial charge in [0.1, 0.15) is 11.6 Å². The van der Waals surface area contributed by atoms with Gasteiger partial charge in [-0.15, -0.1) is 0 Å². The summed E-state index contributed by atoms with van der Waals surface area (Å²) in [5.74, 6) is -0.372. The van der Waals surface area contributed by atoms with Gasteiger partial charge in [-0.1, -0.05) is 12.1 Å². The predicted molar refractivity (Wildman–Crippen MR) is 94.4 cm³/mol. The molecule has 4 rings (SSSR count). The number of nitrogen functional groups attached to an aromatic ring is 1. The standard InChI is InChI=1S/C20H15F2N3/c21-15-6-1-12(2-7-15)11-14-5-10-17-18(24-20(23)25-19(14)17)13-3-8-16(22)9-4-13/h1-4,6-9,11H,5,10H2,(H2,23,24,25)/b14-11+. The fourth-order valence-corrected chi connectivity index (χ4v) is 3.13. The Labute approximate surface area is 143 Å². The van der Waals surface area contributed by atoms with Crippen molar-refractivity contribution in [3.05, 3.63) is 77.0 Å². The number of benzene rings is 2. The smallest absolute Gasteiger partial charge is 0.221 e. The van der Waals surface area contributed by atoms with Crippen LogP contribution in [0.3, 0.4) is 0 Å². The SMILES string of the molecule is Nc1nc2c(c(-c3ccc(F)cc3)n1)CC/C2=C\c1ccc(F)cc1. The van der Waals surface area contributed by atoms with Gasteiger partial charge in [-0.25, -0.2) is 18.7 Å². The average molecular weight is 335 g/mol. The summed E-state index contributed by atoms with van der Waals surface area (Å²) in [5, 5.41) is 0. The zero-order chi connectivity index (χ0) is 17.4. The third-order valence-electron chi connectivity index (χ3n) is 4.30. The second-order valence-electron chi connectivity index (χ2n) is 5.99. The van der Waals surface area contributed by atoms with Gasteiger partial charge in [0.25, 0.3) is 0 Å². The zero-order valence-electron chi connectivity index (χ0n) is 13.3. The normalized spacial score (nSPS) is 14.7. The molecule has 1 aromatic heterocycles. The maximum Gasteiger partial charge on any atom is 0.221 e. The largest absolute Gasteiger partial charge is 0.368 e. The third kappa shape index (κ3) is 3.01. The minimum absolute atomic E-state index is 0.185. The Hall–Kier alpha value is -3.08. The molecule has 0 bridgehead atoms. The van der Waals surface area contributed by atoms with Crippen molar-refractivity contribution in [2.24, 2.45) is 0 Å². The monoisotopic (exact) mass is 335 g/mol. The van der Waals surface area contributed by atoms with Crippen LogP contribution in [0.5, 0.6) is 0 Å². The summed E-state index contributed by atoms with van der Waals surface area (Å²) in [7, 11) is 0. The van der Waals surface area contributed by atoms with Crippen LogP contribution in [0.2, 0.25) is 0 Å². The Morgan fingerprint density at radius 2 is 1.40 bits per heavy atom. The van der Waals surface area contributed by atoms with E-state index in [1.54, 1.807) is 24.3 Å². The maximum absolute atomic E-state index is 13.2. The van der Waals surface area contributed by atoms with Gasteiger partial charge < -0.3 is 5.73 Å². The van der Waals surface area contributed by atoms with E-state index in [2.05, 4.69) is 9.97 Å². The highest BCUT2D eigenvalue weighted by Crippen LogP contribution is 2.37. The summed E-state index contributed by atoms with van der Waals surface area (Å²) in [6, 6.07) is 12.5. The van der Waals surface area contributed by atoms with Crippen LogP contribution in [0.1, 0.15) is 23.2 Å². The molecule has 0 radical (unpaired) electrons. The molecular weight excluding hydrogens is 320 g/mol. The summed E-state index contributed by atoms with van der Waals surface area (Å²) < 4.78 is 26.3. The number of fused-ring (bicyclic) bond motifs is 1. The number of hydrogen-bond acceptors (Lipinski definition) is 3. The van der Waals surface area contributed by atoms with Gasteiger partial charge in [-0.05, 0) is 66.5 Å². The van der Waals surface area contributed by atoms with Crippen LogP contribution in [0.4, 0.5) is 14.7 Å². The Kier molecular flexibility index (Phi) is 3.76. The Morgan fingerprint density at radius 1 is 0.800 bits per heavy atom. The van der Waals surface area contributed by atoms with E-state index < -0.39 is 0 Å². The lowest BCUT2D eigenvalue weighted by Gasteiger charge is -2.09. The van der Waals surface area contributed by atoms with E-state index in [9.17, 15) is 8.78 Å². The van der Waals surface area contributed by atoms with Gasteiger partial charge in [-0.3, -0.25) is 0 Å². The average Bonchev–Trinajstić information content (AvgIpc) is 3.00. The molecule has 25 heavy (non-hydrogen) atoms. The van der Waals surface area contributed by atoms with E-state index in [1.165, 1.54) is 24.3 Å². The van der Waals surface area contributed by atoms with Gasteiger partial charge in [-0.2, -0.15) is 0 Å². The van der Waals surface area contributed by atoms with Gasteiger partial charge in [0, 0.05) is 11.1 Å². The van der Waals surface area contributed by atoms with Crippen molar-refractivity contribution in [2.75, 3.05) is 5.73 Å². The van der Waals surface area contributed by atoms with E-state index in [0.29, 0.717) is 0 Å². The summed E-state index contributed by atoms with van der Waals surface area (Å²) in [6.45, 7) is 0. The first-order valence-corrected chi connectivity index (χ1v) is 7.99. The van der Waals surface area contributed by atoms with E-state index in [-0.39, 0.29) is 17.6 Å². The first kappa shape index (κ1) is 15.4. The van der Waals surface area contributed by atoms with Crippen molar-refractivity contribution in [1.82, 2.24) is 9.97 Å². The van der Waals surface area contributed by atoms with E-state index in [4.69, 9.17) is 5.73 Å². The van der Waals surface area contributed by atoms with Crippen LogP contribution in [0, 0.1) is 11.6 Å². The quantitative estimate of drug-likeness (QED) is 0.751. The summed E-state index contributed by atoms with van der Waals surface area (Å²) >= 11 is 0. The molecule has 2 aromatic carbocycles. The number of halogens is 2. The Balaban J connectivity index is 1.80. The molecule has 124 valence electrons. The molecule has 0 unspecified atom stereocenters. The van der Waals surface area contributed by atoms with Crippen LogP contribution in [0.25, 0.3) is 22.9 Å². The molecule has 0 saturated carbocycles. The van der Waals surface area contributed by atoms with Crippen molar-refractivity contribution in [3.63, 3.8) is 0 Å². The van der Waals surface area contributed by atoms with Gasteiger partial charge >= 0.3 is 0 Å². The topological polar surface area (TPSA) is 51.8 Å². The van der Waals surface area contributed by atoms with Crippen LogP contribution in [-0.2, 0) is 6.42 Å². The van der Waals surface area contributed by atoms with Crippen molar-refractivity contribution in [3.8, 4) is 11.3 Å². The first-order chi connectivity index (χ1) is 12.1. The van der Waals surface area contributed by atoms with Crippen LogP contribution < -0.4 is 5.73 Å². The number of nitrogens with zero attached hydrogens (tertiary/aromatic N) is 2. The van der Waals surface area contributed by atoms with E-state index in [0.717, 1.165) is 46.5 Å². The highest BCUT2D eigenvalue weighted by atomic mass is 19.1. The van der Waals surface area contributed by atoms with Crippen LogP contribution in [0.15, 0.2) is 48.5 Å². The summed E-state index contributed by atoms with van der Waals surface area (Å²) in [6.07, 6.45) is 3.58. The second-order valence-corrected chi connectivity index (χ2v) is 5.99. The number of aromatic nitrogens is 2. The van der Waals surface area contributed by atoms with Gasteiger partial charge in [0.2, 0.25) is 5.95 Å².